The molecule has 1 N–H and O–H groups in total. The summed E-state index contributed by atoms with van der Waals surface area (Å²) in [6, 6.07) is 2.53. The highest BCUT2D eigenvalue weighted by atomic mass is 19.4. The van der Waals surface area contributed by atoms with Crippen LogP contribution in [0.5, 0.6) is 0 Å². The summed E-state index contributed by atoms with van der Waals surface area (Å²) in [7, 11) is 0. The lowest BCUT2D eigenvalue weighted by atomic mass is 10.1. The molecule has 1 aromatic heterocycles. The maximum absolute atomic E-state index is 12.4. The van der Waals surface area contributed by atoms with E-state index in [0.29, 0.717) is 18.8 Å². The monoisotopic (exact) mass is 260 g/mol. The van der Waals surface area contributed by atoms with Crippen LogP contribution in [0, 0.1) is 0 Å². The minimum atomic E-state index is -4.36. The van der Waals surface area contributed by atoms with E-state index in [0.717, 1.165) is 18.7 Å². The SMILES string of the molecule is CCC1C[C@@H](O)CN1c1ccc(C(F)(F)F)cn1. The summed E-state index contributed by atoms with van der Waals surface area (Å²) >= 11 is 0. The van der Waals surface area contributed by atoms with Gasteiger partial charge in [-0.25, -0.2) is 4.98 Å². The van der Waals surface area contributed by atoms with E-state index in [1.807, 2.05) is 11.8 Å². The molecule has 0 radical (unpaired) electrons. The predicted octanol–water partition coefficient (Wildman–Crippen LogP) is 2.45. The Bertz CT molecular complexity index is 405. The molecule has 0 bridgehead atoms. The van der Waals surface area contributed by atoms with Gasteiger partial charge in [0.2, 0.25) is 0 Å². The number of halogens is 3. The van der Waals surface area contributed by atoms with Crippen molar-refractivity contribution in [3.05, 3.63) is 23.9 Å². The summed E-state index contributed by atoms with van der Waals surface area (Å²) in [6.07, 6.45) is -2.48. The molecule has 1 unspecified atom stereocenters. The van der Waals surface area contributed by atoms with E-state index in [-0.39, 0.29) is 6.04 Å². The third-order valence-electron chi connectivity index (χ3n) is 3.23. The maximum atomic E-state index is 12.4. The van der Waals surface area contributed by atoms with E-state index in [9.17, 15) is 18.3 Å². The minimum Gasteiger partial charge on any atom is -0.391 e. The van der Waals surface area contributed by atoms with Crippen LogP contribution in [0.25, 0.3) is 0 Å². The van der Waals surface area contributed by atoms with Gasteiger partial charge in [-0.05, 0) is 25.0 Å². The Morgan fingerprint density at radius 1 is 1.44 bits per heavy atom. The Morgan fingerprint density at radius 3 is 2.67 bits per heavy atom. The largest absolute Gasteiger partial charge is 0.417 e. The van der Waals surface area contributed by atoms with Crippen LogP contribution in [-0.2, 0) is 6.18 Å². The number of nitrogens with zero attached hydrogens (tertiary/aromatic N) is 2. The second kappa shape index (κ2) is 4.76. The third-order valence-corrected chi connectivity index (χ3v) is 3.23. The van der Waals surface area contributed by atoms with Crippen molar-refractivity contribution >= 4 is 5.82 Å². The lowest BCUT2D eigenvalue weighted by Crippen LogP contribution is -2.30. The number of aliphatic hydroxyl groups is 1. The first-order valence-corrected chi connectivity index (χ1v) is 5.89. The standard InChI is InChI=1S/C12H15F3N2O/c1-2-9-5-10(18)7-17(9)11-4-3-8(6-16-11)12(13,14)15/h3-4,6,9-10,18H,2,5,7H2,1H3/t9?,10-/m1/s1. The van der Waals surface area contributed by atoms with Crippen LogP contribution in [0.1, 0.15) is 25.3 Å². The molecule has 0 spiro atoms. The molecule has 2 rings (SSSR count). The van der Waals surface area contributed by atoms with Gasteiger partial charge in [0.05, 0.1) is 11.7 Å². The van der Waals surface area contributed by atoms with Crippen LogP contribution < -0.4 is 4.90 Å². The summed E-state index contributed by atoms with van der Waals surface area (Å²) in [5.41, 5.74) is -0.751. The van der Waals surface area contributed by atoms with E-state index in [2.05, 4.69) is 4.98 Å². The van der Waals surface area contributed by atoms with E-state index >= 15 is 0 Å². The lowest BCUT2D eigenvalue weighted by molar-refractivity contribution is -0.137. The van der Waals surface area contributed by atoms with Gasteiger partial charge >= 0.3 is 6.18 Å². The van der Waals surface area contributed by atoms with E-state index in [4.69, 9.17) is 0 Å². The van der Waals surface area contributed by atoms with Crippen LogP contribution in [0.2, 0.25) is 0 Å². The van der Waals surface area contributed by atoms with Crippen molar-refractivity contribution < 1.29 is 18.3 Å². The van der Waals surface area contributed by atoms with Gasteiger partial charge in [0.15, 0.2) is 0 Å². The smallest absolute Gasteiger partial charge is 0.391 e. The van der Waals surface area contributed by atoms with Gasteiger partial charge in [-0.2, -0.15) is 13.2 Å². The highest BCUT2D eigenvalue weighted by molar-refractivity contribution is 5.42. The molecule has 3 nitrogen and oxygen atoms in total. The highest BCUT2D eigenvalue weighted by Crippen LogP contribution is 2.31. The molecular formula is C12H15F3N2O. The molecule has 1 aromatic rings. The highest BCUT2D eigenvalue weighted by Gasteiger charge is 2.33. The van der Waals surface area contributed by atoms with Crippen molar-refractivity contribution in [3.8, 4) is 0 Å². The molecule has 1 fully saturated rings. The Morgan fingerprint density at radius 2 is 2.17 bits per heavy atom. The topological polar surface area (TPSA) is 36.4 Å². The summed E-state index contributed by atoms with van der Waals surface area (Å²) in [5, 5.41) is 9.60. The molecule has 2 heterocycles. The molecule has 2 atom stereocenters. The Balaban J connectivity index is 2.19. The van der Waals surface area contributed by atoms with Crippen LogP contribution in [0.4, 0.5) is 19.0 Å². The van der Waals surface area contributed by atoms with Crippen LogP contribution in [0.3, 0.4) is 0 Å². The molecule has 1 saturated heterocycles. The molecule has 0 saturated carbocycles. The summed E-state index contributed by atoms with van der Waals surface area (Å²) in [4.78, 5) is 5.72. The first-order chi connectivity index (χ1) is 8.41. The zero-order chi connectivity index (χ0) is 13.3. The fourth-order valence-electron chi connectivity index (χ4n) is 2.28. The average Bonchev–Trinajstić information content (AvgIpc) is 2.69. The summed E-state index contributed by atoms with van der Waals surface area (Å²) < 4.78 is 37.2. The zero-order valence-electron chi connectivity index (χ0n) is 9.98. The summed E-state index contributed by atoms with van der Waals surface area (Å²) in [6.45, 7) is 2.41. The Labute approximate surface area is 103 Å². The molecule has 1 aliphatic rings. The van der Waals surface area contributed by atoms with Crippen molar-refractivity contribution in [2.45, 2.75) is 38.1 Å². The zero-order valence-corrected chi connectivity index (χ0v) is 9.98. The van der Waals surface area contributed by atoms with Gasteiger partial charge in [-0.15, -0.1) is 0 Å². The first-order valence-electron chi connectivity index (χ1n) is 5.89. The number of aromatic nitrogens is 1. The summed E-state index contributed by atoms with van der Waals surface area (Å²) in [5.74, 6) is 0.492. The number of aliphatic hydroxyl groups excluding tert-OH is 1. The molecule has 0 aliphatic carbocycles. The van der Waals surface area contributed by atoms with Crippen molar-refractivity contribution in [1.29, 1.82) is 0 Å². The minimum absolute atomic E-state index is 0.143. The number of pyridine rings is 1. The predicted molar refractivity (Wildman–Crippen MR) is 61.3 cm³/mol. The molecule has 1 aliphatic heterocycles. The molecule has 18 heavy (non-hydrogen) atoms. The normalized spacial score (nSPS) is 24.6. The molecule has 0 aromatic carbocycles. The van der Waals surface area contributed by atoms with E-state index in [1.165, 1.54) is 6.07 Å². The number of hydrogen-bond donors (Lipinski definition) is 1. The van der Waals surface area contributed by atoms with Gasteiger partial charge in [-0.3, -0.25) is 0 Å². The van der Waals surface area contributed by atoms with Crippen LogP contribution >= 0.6 is 0 Å². The van der Waals surface area contributed by atoms with Crippen molar-refractivity contribution in [1.82, 2.24) is 4.98 Å². The van der Waals surface area contributed by atoms with Crippen LogP contribution in [-0.4, -0.2) is 28.8 Å². The van der Waals surface area contributed by atoms with Gasteiger partial charge in [0.25, 0.3) is 0 Å². The van der Waals surface area contributed by atoms with Crippen molar-refractivity contribution in [3.63, 3.8) is 0 Å². The van der Waals surface area contributed by atoms with Gasteiger partial charge < -0.3 is 10.0 Å². The average molecular weight is 260 g/mol. The van der Waals surface area contributed by atoms with E-state index < -0.39 is 17.8 Å². The van der Waals surface area contributed by atoms with Crippen molar-refractivity contribution in [2.75, 3.05) is 11.4 Å². The van der Waals surface area contributed by atoms with Gasteiger partial charge in [0, 0.05) is 18.8 Å². The van der Waals surface area contributed by atoms with Gasteiger partial charge in [-0.1, -0.05) is 6.92 Å². The molecule has 100 valence electrons. The van der Waals surface area contributed by atoms with Gasteiger partial charge in [0.1, 0.15) is 5.82 Å². The molecular weight excluding hydrogens is 245 g/mol. The first kappa shape index (κ1) is 13.1. The quantitative estimate of drug-likeness (QED) is 0.887. The van der Waals surface area contributed by atoms with E-state index in [1.54, 1.807) is 0 Å². The molecule has 0 amide bonds. The van der Waals surface area contributed by atoms with Crippen LogP contribution in [0.15, 0.2) is 18.3 Å². The number of anilines is 1. The fraction of sp³-hybridized carbons (Fsp3) is 0.583. The third kappa shape index (κ3) is 2.58. The molecule has 6 heteroatoms. The maximum Gasteiger partial charge on any atom is 0.417 e. The number of hydrogen-bond acceptors (Lipinski definition) is 3. The van der Waals surface area contributed by atoms with Crippen molar-refractivity contribution in [2.24, 2.45) is 0 Å². The number of β-amino-alcohol motifs (C(OH)–C–C–N with tert-alkyl or cyclic N) is 1. The second-order valence-corrected chi connectivity index (χ2v) is 4.51. The Hall–Kier alpha value is -1.30. The second-order valence-electron chi connectivity index (χ2n) is 4.51. The lowest BCUT2D eigenvalue weighted by Gasteiger charge is -2.24. The Kier molecular flexibility index (Phi) is 3.47. The number of rotatable bonds is 2. The number of alkyl halides is 3. The fourth-order valence-corrected chi connectivity index (χ4v) is 2.28.